The summed E-state index contributed by atoms with van der Waals surface area (Å²) in [6.45, 7) is -0.131. The number of carbonyl (C=O) groups is 2. The maximum Gasteiger partial charge on any atom is 0.323 e. The third-order valence-electron chi connectivity index (χ3n) is 2.78. The quantitative estimate of drug-likeness (QED) is 0.801. The van der Waals surface area contributed by atoms with Crippen LogP contribution in [0.1, 0.15) is 6.42 Å². The Kier molecular flexibility index (Phi) is 4.50. The number of phenolic OH excluding ortho intramolecular Hbond substituents is 1. The van der Waals surface area contributed by atoms with Crippen molar-refractivity contribution in [2.75, 3.05) is 11.4 Å². The SMILES string of the molecule is O=C(O)CN(C(=O)CCn1ccnn1)c1ccc(O)cc1. The highest BCUT2D eigenvalue weighted by atomic mass is 16.4. The van der Waals surface area contributed by atoms with Gasteiger partial charge >= 0.3 is 5.97 Å². The van der Waals surface area contributed by atoms with E-state index in [2.05, 4.69) is 10.3 Å². The molecule has 1 aromatic carbocycles. The van der Waals surface area contributed by atoms with E-state index in [4.69, 9.17) is 5.11 Å². The molecule has 0 fully saturated rings. The summed E-state index contributed by atoms with van der Waals surface area (Å²) in [5, 5.41) is 25.5. The molecule has 0 atom stereocenters. The molecular weight excluding hydrogens is 276 g/mol. The number of amides is 1. The third-order valence-corrected chi connectivity index (χ3v) is 2.78. The summed E-state index contributed by atoms with van der Waals surface area (Å²) in [4.78, 5) is 24.3. The zero-order valence-corrected chi connectivity index (χ0v) is 11.1. The van der Waals surface area contributed by atoms with Gasteiger partial charge in [-0.15, -0.1) is 5.10 Å². The molecule has 2 N–H and O–H groups in total. The molecule has 0 bridgehead atoms. The maximum absolute atomic E-state index is 12.2. The summed E-state index contributed by atoms with van der Waals surface area (Å²) in [6, 6.07) is 5.78. The van der Waals surface area contributed by atoms with Crippen LogP contribution in [0.4, 0.5) is 5.69 Å². The zero-order valence-electron chi connectivity index (χ0n) is 11.1. The van der Waals surface area contributed by atoms with Crippen molar-refractivity contribution in [3.8, 4) is 5.75 Å². The van der Waals surface area contributed by atoms with E-state index in [9.17, 15) is 14.7 Å². The van der Waals surface area contributed by atoms with E-state index in [0.717, 1.165) is 4.90 Å². The van der Waals surface area contributed by atoms with Crippen LogP contribution in [0.3, 0.4) is 0 Å². The predicted molar refractivity (Wildman–Crippen MR) is 72.7 cm³/mol. The lowest BCUT2D eigenvalue weighted by atomic mass is 10.2. The highest BCUT2D eigenvalue weighted by Crippen LogP contribution is 2.19. The van der Waals surface area contributed by atoms with Crippen LogP contribution < -0.4 is 4.90 Å². The van der Waals surface area contributed by atoms with Crippen molar-refractivity contribution in [2.24, 2.45) is 0 Å². The number of hydrogen-bond donors (Lipinski definition) is 2. The number of carboxylic acids is 1. The average Bonchev–Trinajstić information content (AvgIpc) is 2.96. The van der Waals surface area contributed by atoms with Crippen molar-refractivity contribution < 1.29 is 19.8 Å². The molecule has 0 spiro atoms. The monoisotopic (exact) mass is 290 g/mol. The minimum atomic E-state index is -1.11. The molecule has 8 heteroatoms. The molecule has 8 nitrogen and oxygen atoms in total. The predicted octanol–water partition coefficient (Wildman–Crippen LogP) is 0.492. The molecule has 1 heterocycles. The Morgan fingerprint density at radius 3 is 2.52 bits per heavy atom. The minimum Gasteiger partial charge on any atom is -0.508 e. The highest BCUT2D eigenvalue weighted by molar-refractivity contribution is 5.97. The molecule has 0 saturated heterocycles. The first-order valence-corrected chi connectivity index (χ1v) is 6.21. The molecular formula is C13H14N4O4. The number of aromatic hydroxyl groups is 1. The van der Waals surface area contributed by atoms with Gasteiger partial charge in [0, 0.05) is 18.3 Å². The number of carbonyl (C=O) groups excluding carboxylic acids is 1. The number of carboxylic acid groups (broad SMARTS) is 1. The topological polar surface area (TPSA) is 109 Å². The lowest BCUT2D eigenvalue weighted by molar-refractivity contribution is -0.136. The van der Waals surface area contributed by atoms with Gasteiger partial charge in [0.25, 0.3) is 0 Å². The summed E-state index contributed by atoms with van der Waals surface area (Å²) >= 11 is 0. The lowest BCUT2D eigenvalue weighted by Gasteiger charge is -2.21. The van der Waals surface area contributed by atoms with E-state index in [1.807, 2.05) is 0 Å². The molecule has 2 rings (SSSR count). The number of nitrogens with zero attached hydrogens (tertiary/aromatic N) is 4. The van der Waals surface area contributed by atoms with Crippen LogP contribution in [0.2, 0.25) is 0 Å². The number of benzene rings is 1. The Morgan fingerprint density at radius 1 is 1.24 bits per heavy atom. The summed E-state index contributed by atoms with van der Waals surface area (Å²) in [6.07, 6.45) is 3.21. The van der Waals surface area contributed by atoms with E-state index in [0.29, 0.717) is 12.2 Å². The Balaban J connectivity index is 2.09. The maximum atomic E-state index is 12.2. The van der Waals surface area contributed by atoms with Gasteiger partial charge in [-0.3, -0.25) is 14.3 Å². The molecule has 0 unspecified atom stereocenters. The molecule has 2 aromatic rings. The van der Waals surface area contributed by atoms with E-state index >= 15 is 0 Å². The fourth-order valence-electron chi connectivity index (χ4n) is 1.79. The van der Waals surface area contributed by atoms with Crippen LogP contribution >= 0.6 is 0 Å². The van der Waals surface area contributed by atoms with E-state index < -0.39 is 12.5 Å². The average molecular weight is 290 g/mol. The van der Waals surface area contributed by atoms with E-state index in [-0.39, 0.29) is 18.1 Å². The Hall–Kier alpha value is -2.90. The van der Waals surface area contributed by atoms with Crippen LogP contribution in [0, 0.1) is 0 Å². The van der Waals surface area contributed by atoms with Crippen LogP contribution in [0.15, 0.2) is 36.7 Å². The number of rotatable bonds is 6. The van der Waals surface area contributed by atoms with Gasteiger partial charge in [0.1, 0.15) is 12.3 Å². The number of hydrogen-bond acceptors (Lipinski definition) is 5. The second-order valence-electron chi connectivity index (χ2n) is 4.31. The van der Waals surface area contributed by atoms with Crippen LogP contribution in [-0.2, 0) is 16.1 Å². The molecule has 21 heavy (non-hydrogen) atoms. The van der Waals surface area contributed by atoms with Gasteiger partial charge in [0.2, 0.25) is 5.91 Å². The Bertz CT molecular complexity index is 610. The van der Waals surface area contributed by atoms with Gasteiger partial charge in [-0.25, -0.2) is 0 Å². The molecule has 1 aromatic heterocycles. The standard InChI is InChI=1S/C13H14N4O4/c18-11-3-1-10(2-4-11)17(9-13(20)21)12(19)5-7-16-8-6-14-15-16/h1-4,6,8,18H,5,7,9H2,(H,20,21). The third kappa shape index (κ3) is 4.03. The number of aromatic nitrogens is 3. The highest BCUT2D eigenvalue weighted by Gasteiger charge is 2.18. The van der Waals surface area contributed by atoms with Crippen molar-refractivity contribution >= 4 is 17.6 Å². The number of aryl methyl sites for hydroxylation is 1. The molecule has 0 aliphatic heterocycles. The number of aliphatic carboxylic acids is 1. The second kappa shape index (κ2) is 6.51. The number of phenols is 1. The smallest absolute Gasteiger partial charge is 0.323 e. The lowest BCUT2D eigenvalue weighted by Crippen LogP contribution is -2.36. The first-order chi connectivity index (χ1) is 10.1. The fourth-order valence-corrected chi connectivity index (χ4v) is 1.79. The van der Waals surface area contributed by atoms with Crippen LogP contribution in [0.5, 0.6) is 5.75 Å². The molecule has 0 aliphatic carbocycles. The van der Waals surface area contributed by atoms with Gasteiger partial charge in [-0.2, -0.15) is 0 Å². The van der Waals surface area contributed by atoms with Crippen molar-refractivity contribution in [3.63, 3.8) is 0 Å². The molecule has 0 saturated carbocycles. The minimum absolute atomic E-state index is 0.0455. The van der Waals surface area contributed by atoms with Crippen LogP contribution in [0.25, 0.3) is 0 Å². The first-order valence-electron chi connectivity index (χ1n) is 6.21. The van der Waals surface area contributed by atoms with Crippen molar-refractivity contribution in [2.45, 2.75) is 13.0 Å². The van der Waals surface area contributed by atoms with Crippen LogP contribution in [-0.4, -0.2) is 43.6 Å². The fraction of sp³-hybridized carbons (Fsp3) is 0.231. The van der Waals surface area contributed by atoms with Crippen molar-refractivity contribution in [1.82, 2.24) is 15.0 Å². The van der Waals surface area contributed by atoms with E-state index in [1.54, 1.807) is 6.20 Å². The molecule has 0 radical (unpaired) electrons. The molecule has 110 valence electrons. The number of anilines is 1. The first kappa shape index (κ1) is 14.5. The van der Waals surface area contributed by atoms with Gasteiger partial charge in [0.15, 0.2) is 0 Å². The van der Waals surface area contributed by atoms with Gasteiger partial charge in [-0.05, 0) is 24.3 Å². The van der Waals surface area contributed by atoms with Crippen molar-refractivity contribution in [3.05, 3.63) is 36.7 Å². The zero-order chi connectivity index (χ0) is 15.2. The summed E-state index contributed by atoms with van der Waals surface area (Å²) in [5.41, 5.74) is 0.416. The Morgan fingerprint density at radius 2 is 1.95 bits per heavy atom. The normalized spacial score (nSPS) is 10.3. The van der Waals surface area contributed by atoms with E-state index in [1.165, 1.54) is 35.1 Å². The summed E-state index contributed by atoms with van der Waals surface area (Å²) in [7, 11) is 0. The summed E-state index contributed by atoms with van der Waals surface area (Å²) in [5.74, 6) is -1.42. The molecule has 0 aliphatic rings. The summed E-state index contributed by atoms with van der Waals surface area (Å²) < 4.78 is 1.49. The Labute approximate surface area is 120 Å². The second-order valence-corrected chi connectivity index (χ2v) is 4.31. The van der Waals surface area contributed by atoms with Gasteiger partial charge in [0.05, 0.1) is 12.7 Å². The van der Waals surface area contributed by atoms with Gasteiger partial charge in [-0.1, -0.05) is 5.21 Å². The molecule has 1 amide bonds. The van der Waals surface area contributed by atoms with Gasteiger partial charge < -0.3 is 15.1 Å². The largest absolute Gasteiger partial charge is 0.508 e. The van der Waals surface area contributed by atoms with Crippen molar-refractivity contribution in [1.29, 1.82) is 0 Å².